The molecule has 4 aromatic carbocycles. The Hall–Kier alpha value is -5.54. The highest BCUT2D eigenvalue weighted by Crippen LogP contribution is 2.42. The molecule has 0 saturated carbocycles. The van der Waals surface area contributed by atoms with Crippen LogP contribution >= 0.6 is 0 Å². The molecule has 0 amide bonds. The Morgan fingerprint density at radius 3 is 1.12 bits per heavy atom. The highest BCUT2D eigenvalue weighted by molar-refractivity contribution is 5.69. The van der Waals surface area contributed by atoms with Gasteiger partial charge in [0.05, 0.1) is 19.8 Å². The van der Waals surface area contributed by atoms with Gasteiger partial charge in [0, 0.05) is 34.8 Å². The van der Waals surface area contributed by atoms with Crippen molar-refractivity contribution >= 4 is 11.9 Å². The van der Waals surface area contributed by atoms with E-state index in [0.717, 1.165) is 103 Å². The van der Waals surface area contributed by atoms with E-state index in [0.29, 0.717) is 58.3 Å². The second-order valence-corrected chi connectivity index (χ2v) is 20.1. The van der Waals surface area contributed by atoms with Crippen molar-refractivity contribution in [2.24, 2.45) is 0 Å². The highest BCUT2D eigenvalue weighted by atomic mass is 16.5. The van der Waals surface area contributed by atoms with Crippen LogP contribution in [0.1, 0.15) is 221 Å². The summed E-state index contributed by atoms with van der Waals surface area (Å²) in [6.45, 7) is 28.8. The Kier molecular flexibility index (Phi) is 26.1. The van der Waals surface area contributed by atoms with Crippen LogP contribution in [-0.2, 0) is 25.2 Å². The molecule has 0 radical (unpaired) electrons. The largest absolute Gasteiger partial charge is 0.493 e. The summed E-state index contributed by atoms with van der Waals surface area (Å²) in [5.41, 5.74) is 9.54. The summed E-state index contributed by atoms with van der Waals surface area (Å²) in [6.07, 6.45) is 12.2. The van der Waals surface area contributed by atoms with E-state index in [9.17, 15) is 19.8 Å². The van der Waals surface area contributed by atoms with E-state index >= 15 is 0 Å². The number of aryl methyl sites for hydroxylation is 4. The first-order valence-electron chi connectivity index (χ1n) is 27.9. The lowest BCUT2D eigenvalue weighted by Crippen LogP contribution is -2.26. The van der Waals surface area contributed by atoms with Crippen molar-refractivity contribution in [3.05, 3.63) is 128 Å². The SMILES string of the molecule is CCC(O)(C#Cc1ccc(C(CC)(CC)c2ccc(OCCCCCC(=O)O)c(C)c2)cc1C)CC.CCOC(=O)CCCCCOc1ccc(C(CC)(CC)c2ccc(C#CC(O)(CC)CC)c(C)c2)cc1C. The van der Waals surface area contributed by atoms with Gasteiger partial charge in [0.25, 0.3) is 0 Å². The molecule has 4 aromatic rings. The summed E-state index contributed by atoms with van der Waals surface area (Å²) in [7, 11) is 0. The molecule has 0 aliphatic carbocycles. The van der Waals surface area contributed by atoms with Gasteiger partial charge in [-0.1, -0.05) is 128 Å². The van der Waals surface area contributed by atoms with Crippen molar-refractivity contribution in [2.75, 3.05) is 19.8 Å². The van der Waals surface area contributed by atoms with Gasteiger partial charge in [0.15, 0.2) is 0 Å². The Labute approximate surface area is 447 Å². The van der Waals surface area contributed by atoms with Crippen molar-refractivity contribution in [1.82, 2.24) is 0 Å². The Morgan fingerprint density at radius 1 is 0.459 bits per heavy atom. The first kappa shape index (κ1) is 62.8. The molecule has 74 heavy (non-hydrogen) atoms. The van der Waals surface area contributed by atoms with Crippen LogP contribution in [0.2, 0.25) is 0 Å². The minimum Gasteiger partial charge on any atom is -0.493 e. The number of carbonyl (C=O) groups is 2. The number of carboxylic acids is 1. The molecule has 0 bridgehead atoms. The zero-order valence-electron chi connectivity index (χ0n) is 47.7. The van der Waals surface area contributed by atoms with Crippen LogP contribution in [0.25, 0.3) is 0 Å². The molecule has 0 atom stereocenters. The molecule has 0 spiro atoms. The number of rotatable bonds is 27. The van der Waals surface area contributed by atoms with Crippen molar-refractivity contribution in [3.8, 4) is 35.2 Å². The Bertz CT molecular complexity index is 2510. The van der Waals surface area contributed by atoms with Crippen molar-refractivity contribution in [2.45, 2.75) is 215 Å². The van der Waals surface area contributed by atoms with Gasteiger partial charge in [0.2, 0.25) is 0 Å². The van der Waals surface area contributed by atoms with Gasteiger partial charge in [-0.15, -0.1) is 0 Å². The molecular weight excluding hydrogens is 921 g/mol. The maximum Gasteiger partial charge on any atom is 0.305 e. The molecule has 0 fully saturated rings. The first-order valence-corrected chi connectivity index (χ1v) is 27.9. The van der Waals surface area contributed by atoms with Gasteiger partial charge in [-0.2, -0.15) is 0 Å². The van der Waals surface area contributed by atoms with Crippen LogP contribution < -0.4 is 9.47 Å². The quantitative estimate of drug-likeness (QED) is 0.0307. The number of aliphatic hydroxyl groups is 2. The lowest BCUT2D eigenvalue weighted by Gasteiger charge is -2.34. The number of hydrogen-bond donors (Lipinski definition) is 3. The predicted molar refractivity (Wildman–Crippen MR) is 304 cm³/mol. The molecule has 0 unspecified atom stereocenters. The van der Waals surface area contributed by atoms with E-state index in [4.69, 9.17) is 19.3 Å². The van der Waals surface area contributed by atoms with E-state index in [-0.39, 0.29) is 23.2 Å². The van der Waals surface area contributed by atoms with Crippen LogP contribution in [-0.4, -0.2) is 58.3 Å². The second-order valence-electron chi connectivity index (χ2n) is 20.1. The van der Waals surface area contributed by atoms with Crippen LogP contribution in [0.4, 0.5) is 0 Å². The number of ether oxygens (including phenoxy) is 3. The van der Waals surface area contributed by atoms with Crippen LogP contribution in [0.15, 0.2) is 72.8 Å². The van der Waals surface area contributed by atoms with Crippen LogP contribution in [0, 0.1) is 51.4 Å². The number of aliphatic carboxylic acids is 1. The zero-order chi connectivity index (χ0) is 55.0. The lowest BCUT2D eigenvalue weighted by atomic mass is 9.70. The third-order valence-electron chi connectivity index (χ3n) is 15.5. The molecular formula is C66H92O8. The lowest BCUT2D eigenvalue weighted by molar-refractivity contribution is -0.143. The Balaban J connectivity index is 0.000000391. The maximum atomic E-state index is 11.5. The third kappa shape index (κ3) is 17.5. The number of unbranched alkanes of at least 4 members (excludes halogenated alkanes) is 4. The van der Waals surface area contributed by atoms with E-state index in [1.807, 2.05) is 34.6 Å². The van der Waals surface area contributed by atoms with Gasteiger partial charge in [0.1, 0.15) is 22.7 Å². The monoisotopic (exact) mass is 1010 g/mol. The van der Waals surface area contributed by atoms with E-state index in [2.05, 4.69) is 152 Å². The van der Waals surface area contributed by atoms with Gasteiger partial charge in [-0.05, 0) is 193 Å². The Morgan fingerprint density at radius 2 is 0.811 bits per heavy atom. The normalized spacial score (nSPS) is 11.6. The van der Waals surface area contributed by atoms with Crippen LogP contribution in [0.5, 0.6) is 11.5 Å². The summed E-state index contributed by atoms with van der Waals surface area (Å²) in [6, 6.07) is 26.2. The average molecular weight is 1010 g/mol. The fourth-order valence-electron chi connectivity index (χ4n) is 9.81. The van der Waals surface area contributed by atoms with Gasteiger partial charge in [-0.25, -0.2) is 0 Å². The fourth-order valence-corrected chi connectivity index (χ4v) is 9.81. The zero-order valence-corrected chi connectivity index (χ0v) is 47.7. The molecule has 0 aromatic heterocycles. The molecule has 0 aliphatic rings. The third-order valence-corrected chi connectivity index (χ3v) is 15.5. The minimum absolute atomic E-state index is 0.0965. The smallest absolute Gasteiger partial charge is 0.305 e. The molecule has 0 saturated heterocycles. The topological polar surface area (TPSA) is 123 Å². The summed E-state index contributed by atoms with van der Waals surface area (Å²) in [5.74, 6) is 13.6. The highest BCUT2D eigenvalue weighted by Gasteiger charge is 2.33. The molecule has 8 nitrogen and oxygen atoms in total. The van der Waals surface area contributed by atoms with Crippen molar-refractivity contribution in [3.63, 3.8) is 0 Å². The van der Waals surface area contributed by atoms with Crippen molar-refractivity contribution in [1.29, 1.82) is 0 Å². The summed E-state index contributed by atoms with van der Waals surface area (Å²) >= 11 is 0. The molecule has 404 valence electrons. The fraction of sp³-hybridized carbons (Fsp3) is 0.545. The number of esters is 1. The van der Waals surface area contributed by atoms with E-state index < -0.39 is 17.2 Å². The number of benzene rings is 4. The molecule has 0 aliphatic heterocycles. The molecule has 0 heterocycles. The minimum atomic E-state index is -0.929. The first-order chi connectivity index (χ1) is 35.3. The average Bonchev–Trinajstić information content (AvgIpc) is 3.39. The number of carbonyl (C=O) groups excluding carboxylic acids is 1. The number of hydrogen-bond acceptors (Lipinski definition) is 7. The standard InChI is InChI=1S/C34H48O4.C32H44O4/c1-8-33(36,9-2)22-21-28-17-18-29(24-26(28)6)34(10-3,11-4)30-19-20-31(27(7)25-30)38-23-15-13-14-16-32(35)37-12-5;1-7-31(35,8-2)20-19-26-15-16-27(22-24(26)5)32(9-3,10-4)28-17-18-29(25(6)23-28)36-21-13-11-12-14-30(33)34/h17-20,24-25,36H,8-16,23H2,1-7H3;15-18,22-23,35H,7-14,21H2,1-6H3,(H,33,34). The molecule has 4 rings (SSSR count). The summed E-state index contributed by atoms with van der Waals surface area (Å²) in [5, 5.41) is 29.9. The van der Waals surface area contributed by atoms with Crippen LogP contribution in [0.3, 0.4) is 0 Å². The van der Waals surface area contributed by atoms with Gasteiger partial charge in [-0.3, -0.25) is 9.59 Å². The number of carboxylic acid groups (broad SMARTS) is 1. The molecule has 8 heteroatoms. The summed E-state index contributed by atoms with van der Waals surface area (Å²) < 4.78 is 17.1. The van der Waals surface area contributed by atoms with Crippen molar-refractivity contribution < 1.29 is 39.1 Å². The summed E-state index contributed by atoms with van der Waals surface area (Å²) in [4.78, 5) is 22.1. The second kappa shape index (κ2) is 30.7. The van der Waals surface area contributed by atoms with E-state index in [1.54, 1.807) is 0 Å². The maximum absolute atomic E-state index is 11.5. The van der Waals surface area contributed by atoms with Gasteiger partial charge >= 0.3 is 11.9 Å². The molecule has 3 N–H and O–H groups in total. The van der Waals surface area contributed by atoms with E-state index in [1.165, 1.54) is 22.3 Å². The predicted octanol–water partition coefficient (Wildman–Crippen LogP) is 15.2. The van der Waals surface area contributed by atoms with Gasteiger partial charge < -0.3 is 29.5 Å².